The summed E-state index contributed by atoms with van der Waals surface area (Å²) in [5.41, 5.74) is 4.56. The van der Waals surface area contributed by atoms with Gasteiger partial charge in [-0.1, -0.05) is 66.2 Å². The Morgan fingerprint density at radius 3 is 1.97 bits per heavy atom. The molecule has 0 atom stereocenters. The van der Waals surface area contributed by atoms with Crippen LogP contribution >= 0.6 is 0 Å². The highest BCUT2D eigenvalue weighted by molar-refractivity contribution is 7.95. The number of hydrogen-bond donors (Lipinski definition) is 0. The van der Waals surface area contributed by atoms with Gasteiger partial charge in [0.2, 0.25) is 19.9 Å². The zero-order valence-electron chi connectivity index (χ0n) is 19.5. The predicted octanol–water partition coefficient (Wildman–Crippen LogP) is 5.37. The molecule has 2 aliphatic rings. The lowest BCUT2D eigenvalue weighted by Crippen LogP contribution is -2.37. The van der Waals surface area contributed by atoms with Crippen molar-refractivity contribution in [2.45, 2.75) is 36.0 Å². The summed E-state index contributed by atoms with van der Waals surface area (Å²) in [5, 5.41) is 0. The van der Waals surface area contributed by atoms with Gasteiger partial charge in [-0.2, -0.15) is 4.31 Å². The number of aryl methyl sites for hydroxylation is 1. The summed E-state index contributed by atoms with van der Waals surface area (Å²) in [5.74, 6) is 0. The zero-order chi connectivity index (χ0) is 24.6. The molecule has 35 heavy (non-hydrogen) atoms. The lowest BCUT2D eigenvalue weighted by molar-refractivity contribution is 0.423. The van der Waals surface area contributed by atoms with E-state index in [1.165, 1.54) is 4.31 Å². The molecule has 5 rings (SSSR count). The molecular weight excluding hydrogens is 478 g/mol. The van der Waals surface area contributed by atoms with Crippen LogP contribution in [0.1, 0.15) is 30.4 Å². The first-order valence-corrected chi connectivity index (χ1v) is 14.6. The first kappa shape index (κ1) is 23.7. The van der Waals surface area contributed by atoms with Crippen molar-refractivity contribution in [1.29, 1.82) is 0 Å². The second-order valence-corrected chi connectivity index (χ2v) is 12.9. The molecule has 0 spiro atoms. The molecule has 0 bridgehead atoms. The molecule has 1 aliphatic heterocycles. The van der Waals surface area contributed by atoms with E-state index in [1.807, 2.05) is 37.3 Å². The number of nitrogens with zero attached hydrogens (tertiary/aromatic N) is 1. The fraction of sp³-hybridized carbons (Fsp3) is 0.214. The lowest BCUT2D eigenvalue weighted by atomic mass is 9.78. The molecule has 5 nitrogen and oxygen atoms in total. The van der Waals surface area contributed by atoms with Crippen LogP contribution < -0.4 is 0 Å². The fourth-order valence-corrected chi connectivity index (χ4v) is 7.94. The van der Waals surface area contributed by atoms with Gasteiger partial charge < -0.3 is 0 Å². The first-order chi connectivity index (χ1) is 16.8. The predicted molar refractivity (Wildman–Crippen MR) is 138 cm³/mol. The highest BCUT2D eigenvalue weighted by Gasteiger charge is 2.37. The topological polar surface area (TPSA) is 71.5 Å². The van der Waals surface area contributed by atoms with Gasteiger partial charge in [-0.05, 0) is 72.7 Å². The standard InChI is InChI=1S/C28H27NO4S2/c1-21-14-16-24(17-15-21)35(32,33)29-18-8-13-28(34(30,31)23-11-6-3-7-12-23)26-19-25(27(26)20-29)22-9-4-2-5-10-22/h2-7,9-12,14-17H,8,13,18-20H2,1H3/b28-26+. The highest BCUT2D eigenvalue weighted by atomic mass is 32.2. The van der Waals surface area contributed by atoms with E-state index in [0.29, 0.717) is 24.2 Å². The van der Waals surface area contributed by atoms with Gasteiger partial charge in [0.15, 0.2) is 0 Å². The average Bonchev–Trinajstić information content (AvgIpc) is 2.84. The number of sulfonamides is 1. The van der Waals surface area contributed by atoms with Gasteiger partial charge in [-0.25, -0.2) is 16.8 Å². The Kier molecular flexibility index (Phi) is 6.25. The van der Waals surface area contributed by atoms with Gasteiger partial charge in [-0.15, -0.1) is 0 Å². The smallest absolute Gasteiger partial charge is 0.219 e. The maximum Gasteiger partial charge on any atom is 0.243 e. The minimum atomic E-state index is -3.72. The summed E-state index contributed by atoms with van der Waals surface area (Å²) in [6.07, 6.45) is 1.25. The molecule has 0 aromatic heterocycles. The second kappa shape index (κ2) is 9.22. The number of rotatable bonds is 5. The second-order valence-electron chi connectivity index (χ2n) is 8.97. The van der Waals surface area contributed by atoms with Crippen LogP contribution in [0.4, 0.5) is 0 Å². The Balaban J connectivity index is 1.62. The van der Waals surface area contributed by atoms with Crippen LogP contribution in [0.15, 0.2) is 111 Å². The average molecular weight is 506 g/mol. The van der Waals surface area contributed by atoms with Gasteiger partial charge in [0, 0.05) is 13.1 Å². The van der Waals surface area contributed by atoms with E-state index in [1.54, 1.807) is 54.6 Å². The molecule has 180 valence electrons. The number of benzene rings is 3. The zero-order valence-corrected chi connectivity index (χ0v) is 21.1. The van der Waals surface area contributed by atoms with Gasteiger partial charge in [-0.3, -0.25) is 0 Å². The maximum atomic E-state index is 13.6. The van der Waals surface area contributed by atoms with Gasteiger partial charge in [0.25, 0.3) is 0 Å². The van der Waals surface area contributed by atoms with Crippen LogP contribution in [0.2, 0.25) is 0 Å². The molecule has 0 fully saturated rings. The first-order valence-electron chi connectivity index (χ1n) is 11.7. The molecule has 0 unspecified atom stereocenters. The SMILES string of the molecule is Cc1ccc(S(=O)(=O)N2CCC/C(S(=O)(=O)c3ccccc3)=C3/CC(c4ccccc4)=C3C2)cc1. The third kappa shape index (κ3) is 4.40. The molecule has 0 radical (unpaired) electrons. The van der Waals surface area contributed by atoms with Crippen LogP contribution in [-0.2, 0) is 19.9 Å². The molecule has 0 saturated carbocycles. The highest BCUT2D eigenvalue weighted by Crippen LogP contribution is 2.47. The lowest BCUT2D eigenvalue weighted by Gasteiger charge is -2.36. The van der Waals surface area contributed by atoms with Gasteiger partial charge in [0.1, 0.15) is 0 Å². The van der Waals surface area contributed by atoms with Crippen molar-refractivity contribution in [2.75, 3.05) is 13.1 Å². The molecule has 0 saturated heterocycles. The number of hydrogen-bond acceptors (Lipinski definition) is 4. The molecule has 0 N–H and O–H groups in total. The number of sulfone groups is 1. The summed E-state index contributed by atoms with van der Waals surface area (Å²) in [4.78, 5) is 0.956. The Labute approximate surface area is 207 Å². The van der Waals surface area contributed by atoms with Gasteiger partial charge in [0.05, 0.1) is 14.7 Å². The Morgan fingerprint density at radius 2 is 1.31 bits per heavy atom. The molecule has 1 heterocycles. The van der Waals surface area contributed by atoms with E-state index < -0.39 is 19.9 Å². The quantitative estimate of drug-likeness (QED) is 0.468. The maximum absolute atomic E-state index is 13.6. The normalized spacial score (nSPS) is 19.5. The minimum Gasteiger partial charge on any atom is -0.219 e. The van der Waals surface area contributed by atoms with Crippen molar-refractivity contribution in [2.24, 2.45) is 0 Å². The van der Waals surface area contributed by atoms with Crippen molar-refractivity contribution in [3.8, 4) is 0 Å². The van der Waals surface area contributed by atoms with Crippen LogP contribution in [0.25, 0.3) is 5.57 Å². The summed E-state index contributed by atoms with van der Waals surface area (Å²) < 4.78 is 55.8. The van der Waals surface area contributed by atoms with Crippen LogP contribution in [-0.4, -0.2) is 34.2 Å². The number of fused-ring (bicyclic) bond motifs is 1. The van der Waals surface area contributed by atoms with Crippen molar-refractivity contribution >= 4 is 25.4 Å². The monoisotopic (exact) mass is 505 g/mol. The Morgan fingerprint density at radius 1 is 0.686 bits per heavy atom. The van der Waals surface area contributed by atoms with Crippen molar-refractivity contribution in [3.05, 3.63) is 112 Å². The van der Waals surface area contributed by atoms with E-state index in [9.17, 15) is 16.8 Å². The third-order valence-electron chi connectivity index (χ3n) is 6.72. The summed E-state index contributed by atoms with van der Waals surface area (Å²) in [6.45, 7) is 2.33. The summed E-state index contributed by atoms with van der Waals surface area (Å²) >= 11 is 0. The van der Waals surface area contributed by atoms with Crippen LogP contribution in [0.5, 0.6) is 0 Å². The molecule has 0 amide bonds. The molecule has 3 aromatic rings. The Bertz CT molecular complexity index is 1520. The molecular formula is C28H27NO4S2. The van der Waals surface area contributed by atoms with Crippen molar-refractivity contribution in [3.63, 3.8) is 0 Å². The van der Waals surface area contributed by atoms with E-state index in [4.69, 9.17) is 0 Å². The largest absolute Gasteiger partial charge is 0.243 e. The van der Waals surface area contributed by atoms with E-state index in [0.717, 1.165) is 27.8 Å². The van der Waals surface area contributed by atoms with E-state index in [-0.39, 0.29) is 22.9 Å². The fourth-order valence-electron chi connectivity index (χ4n) is 4.76. The van der Waals surface area contributed by atoms with Crippen molar-refractivity contribution < 1.29 is 16.8 Å². The summed E-state index contributed by atoms with van der Waals surface area (Å²) in [7, 11) is -7.39. The summed E-state index contributed by atoms with van der Waals surface area (Å²) in [6, 6.07) is 25.1. The van der Waals surface area contributed by atoms with Crippen molar-refractivity contribution in [1.82, 2.24) is 4.31 Å². The minimum absolute atomic E-state index is 0.156. The van der Waals surface area contributed by atoms with E-state index >= 15 is 0 Å². The number of allylic oxidation sites excluding steroid dienone is 2. The van der Waals surface area contributed by atoms with E-state index in [2.05, 4.69) is 0 Å². The molecule has 3 aromatic carbocycles. The molecule has 7 heteroatoms. The van der Waals surface area contributed by atoms with Gasteiger partial charge >= 0.3 is 0 Å². The van der Waals surface area contributed by atoms with Crippen LogP contribution in [0, 0.1) is 6.92 Å². The van der Waals surface area contributed by atoms with Crippen LogP contribution in [0.3, 0.4) is 0 Å². The molecule has 1 aliphatic carbocycles. The Hall–Kier alpha value is -3.00. The third-order valence-corrected chi connectivity index (χ3v) is 10.6.